The molecule has 1 aromatic heterocycles. The van der Waals surface area contributed by atoms with Crippen molar-refractivity contribution in [1.29, 1.82) is 0 Å². The largest absolute Gasteiger partial charge is 0.365 e. The molecule has 1 fully saturated rings. The van der Waals surface area contributed by atoms with Gasteiger partial charge in [-0.1, -0.05) is 0 Å². The number of alkyl halides is 4. The second-order valence-corrected chi connectivity index (χ2v) is 4.60. The molecular formula is C10H15F4N5. The van der Waals surface area contributed by atoms with Gasteiger partial charge >= 0.3 is 12.3 Å². The van der Waals surface area contributed by atoms with E-state index in [0.29, 0.717) is 19.6 Å². The van der Waals surface area contributed by atoms with Crippen LogP contribution in [0.2, 0.25) is 0 Å². The molecule has 5 nitrogen and oxygen atoms in total. The van der Waals surface area contributed by atoms with Crippen LogP contribution in [0.3, 0.4) is 0 Å². The first-order chi connectivity index (χ1) is 8.95. The topological polar surface area (TPSA) is 70.8 Å². The zero-order valence-corrected chi connectivity index (χ0v) is 10.1. The van der Waals surface area contributed by atoms with E-state index >= 15 is 0 Å². The van der Waals surface area contributed by atoms with E-state index in [-0.39, 0.29) is 11.9 Å². The molecule has 108 valence electrons. The smallest absolute Gasteiger partial charge is 0.339 e. The molecule has 19 heavy (non-hydrogen) atoms. The molecule has 1 atom stereocenters. The minimum absolute atomic E-state index is 0.0217. The number of nitrogens with one attached hydrogen (secondary N) is 1. The molecule has 1 unspecified atom stereocenters. The Morgan fingerprint density at radius 3 is 2.84 bits per heavy atom. The predicted octanol–water partition coefficient (Wildman–Crippen LogP) is 1.34. The van der Waals surface area contributed by atoms with Crippen molar-refractivity contribution in [3.05, 3.63) is 5.82 Å². The van der Waals surface area contributed by atoms with Crippen molar-refractivity contribution < 1.29 is 17.6 Å². The van der Waals surface area contributed by atoms with Gasteiger partial charge in [-0.25, -0.2) is 8.78 Å². The van der Waals surface area contributed by atoms with Crippen LogP contribution in [0.1, 0.15) is 18.7 Å². The summed E-state index contributed by atoms with van der Waals surface area (Å²) in [4.78, 5) is 5.17. The van der Waals surface area contributed by atoms with E-state index in [0.717, 1.165) is 12.8 Å². The highest BCUT2D eigenvalue weighted by atomic mass is 19.3. The fourth-order valence-corrected chi connectivity index (χ4v) is 2.09. The van der Waals surface area contributed by atoms with Crippen LogP contribution < -0.4 is 10.6 Å². The highest BCUT2D eigenvalue weighted by molar-refractivity contribution is 5.30. The molecule has 0 bridgehead atoms. The molecule has 0 amide bonds. The second kappa shape index (κ2) is 5.32. The SMILES string of the molecule is NCC1CCCN(c2n[nH]c(C(F)(F)C(F)F)n2)C1. The third-order valence-electron chi connectivity index (χ3n) is 3.20. The predicted molar refractivity (Wildman–Crippen MR) is 60.3 cm³/mol. The van der Waals surface area contributed by atoms with Crippen molar-refractivity contribution in [2.45, 2.75) is 25.2 Å². The van der Waals surface area contributed by atoms with Crippen LogP contribution in [0.25, 0.3) is 0 Å². The van der Waals surface area contributed by atoms with Gasteiger partial charge in [-0.05, 0) is 25.3 Å². The molecule has 0 saturated carbocycles. The molecule has 1 aromatic rings. The van der Waals surface area contributed by atoms with Gasteiger partial charge < -0.3 is 10.6 Å². The maximum absolute atomic E-state index is 13.1. The number of H-pyrrole nitrogens is 1. The first-order valence-corrected chi connectivity index (χ1v) is 5.99. The quantitative estimate of drug-likeness (QED) is 0.817. The van der Waals surface area contributed by atoms with Crippen LogP contribution in [0.5, 0.6) is 0 Å². The van der Waals surface area contributed by atoms with E-state index in [1.807, 2.05) is 5.10 Å². The normalized spacial score (nSPS) is 21.2. The van der Waals surface area contributed by atoms with Crippen LogP contribution in [-0.2, 0) is 5.92 Å². The van der Waals surface area contributed by atoms with E-state index < -0.39 is 18.2 Å². The molecular weight excluding hydrogens is 266 g/mol. The summed E-state index contributed by atoms with van der Waals surface area (Å²) in [6.45, 7) is 1.64. The van der Waals surface area contributed by atoms with Gasteiger partial charge in [-0.3, -0.25) is 5.10 Å². The van der Waals surface area contributed by atoms with Crippen LogP contribution >= 0.6 is 0 Å². The standard InChI is InChI=1S/C10H15F4N5/c11-7(12)10(13,14)8-16-9(18-17-8)19-3-1-2-6(4-15)5-19/h6-7H,1-5,15H2,(H,16,17,18). The van der Waals surface area contributed by atoms with Crippen molar-refractivity contribution in [3.63, 3.8) is 0 Å². The average molecular weight is 281 g/mol. The highest BCUT2D eigenvalue weighted by Crippen LogP contribution is 2.33. The molecule has 3 N–H and O–H groups in total. The van der Waals surface area contributed by atoms with Crippen molar-refractivity contribution in [2.75, 3.05) is 24.5 Å². The Hall–Kier alpha value is -1.38. The third-order valence-corrected chi connectivity index (χ3v) is 3.20. The zero-order chi connectivity index (χ0) is 14.0. The van der Waals surface area contributed by atoms with E-state index in [9.17, 15) is 17.6 Å². The lowest BCUT2D eigenvalue weighted by molar-refractivity contribution is -0.140. The van der Waals surface area contributed by atoms with Crippen LogP contribution in [0.4, 0.5) is 23.5 Å². The molecule has 9 heteroatoms. The Morgan fingerprint density at radius 1 is 1.47 bits per heavy atom. The van der Waals surface area contributed by atoms with Crippen molar-refractivity contribution in [2.24, 2.45) is 11.7 Å². The number of hydrogen-bond acceptors (Lipinski definition) is 4. The van der Waals surface area contributed by atoms with Crippen LogP contribution in [-0.4, -0.2) is 41.2 Å². The Balaban J connectivity index is 2.12. The summed E-state index contributed by atoms with van der Waals surface area (Å²) in [5.41, 5.74) is 5.56. The van der Waals surface area contributed by atoms with E-state index in [1.54, 1.807) is 4.90 Å². The van der Waals surface area contributed by atoms with E-state index in [4.69, 9.17) is 5.73 Å². The van der Waals surface area contributed by atoms with E-state index in [2.05, 4.69) is 10.1 Å². The Morgan fingerprint density at radius 2 is 2.21 bits per heavy atom. The maximum atomic E-state index is 13.1. The first kappa shape index (κ1) is 14.0. The molecule has 1 saturated heterocycles. The van der Waals surface area contributed by atoms with Crippen LogP contribution in [0.15, 0.2) is 0 Å². The van der Waals surface area contributed by atoms with Crippen molar-refractivity contribution >= 4 is 5.95 Å². The van der Waals surface area contributed by atoms with E-state index in [1.165, 1.54) is 0 Å². The Bertz CT molecular complexity index is 422. The fraction of sp³-hybridized carbons (Fsp3) is 0.800. The van der Waals surface area contributed by atoms with Gasteiger partial charge in [0.05, 0.1) is 0 Å². The summed E-state index contributed by atoms with van der Waals surface area (Å²) in [5, 5.41) is 5.49. The minimum atomic E-state index is -4.31. The number of nitrogens with two attached hydrogens (primary N) is 1. The molecule has 2 heterocycles. The van der Waals surface area contributed by atoms with Gasteiger partial charge in [-0.15, -0.1) is 5.10 Å². The van der Waals surface area contributed by atoms with Gasteiger partial charge in [-0.2, -0.15) is 13.8 Å². The summed E-state index contributed by atoms with van der Waals surface area (Å²) in [6.07, 6.45) is -2.01. The molecule has 1 aliphatic heterocycles. The summed E-state index contributed by atoms with van der Waals surface area (Å²) >= 11 is 0. The van der Waals surface area contributed by atoms with Crippen molar-refractivity contribution in [3.8, 4) is 0 Å². The number of hydrogen-bond donors (Lipinski definition) is 2. The number of nitrogens with zero attached hydrogens (tertiary/aromatic N) is 3. The number of anilines is 1. The maximum Gasteiger partial charge on any atom is 0.365 e. The summed E-state index contributed by atoms with van der Waals surface area (Å²) in [7, 11) is 0. The van der Waals surface area contributed by atoms with Gasteiger partial charge in [0, 0.05) is 13.1 Å². The lowest BCUT2D eigenvalue weighted by atomic mass is 9.99. The molecule has 1 aliphatic rings. The summed E-state index contributed by atoms with van der Waals surface area (Å²) < 4.78 is 50.6. The molecule has 0 aliphatic carbocycles. The molecule has 0 spiro atoms. The van der Waals surface area contributed by atoms with Gasteiger partial charge in [0.15, 0.2) is 0 Å². The lowest BCUT2D eigenvalue weighted by Crippen LogP contribution is -2.39. The number of rotatable bonds is 4. The number of aromatic nitrogens is 3. The molecule has 2 rings (SSSR count). The molecule has 0 aromatic carbocycles. The third kappa shape index (κ3) is 2.80. The summed E-state index contributed by atoms with van der Waals surface area (Å²) in [5.74, 6) is -5.15. The molecule has 0 radical (unpaired) electrons. The Kier molecular flexibility index (Phi) is 3.93. The number of piperidine rings is 1. The highest BCUT2D eigenvalue weighted by Gasteiger charge is 2.46. The van der Waals surface area contributed by atoms with Gasteiger partial charge in [0.2, 0.25) is 11.8 Å². The first-order valence-electron chi connectivity index (χ1n) is 5.99. The number of aromatic amines is 1. The monoisotopic (exact) mass is 281 g/mol. The van der Waals surface area contributed by atoms with Crippen LogP contribution in [0, 0.1) is 5.92 Å². The average Bonchev–Trinajstić information content (AvgIpc) is 2.89. The lowest BCUT2D eigenvalue weighted by Gasteiger charge is -2.31. The summed E-state index contributed by atoms with van der Waals surface area (Å²) in [6, 6.07) is 0. The van der Waals surface area contributed by atoms with Crippen molar-refractivity contribution in [1.82, 2.24) is 15.2 Å². The van der Waals surface area contributed by atoms with Gasteiger partial charge in [0.25, 0.3) is 0 Å². The second-order valence-electron chi connectivity index (χ2n) is 4.60. The van der Waals surface area contributed by atoms with Gasteiger partial charge in [0.1, 0.15) is 0 Å². The minimum Gasteiger partial charge on any atom is -0.339 e. The fourth-order valence-electron chi connectivity index (χ4n) is 2.09. The number of halogens is 4. The Labute approximate surface area is 107 Å². The zero-order valence-electron chi connectivity index (χ0n) is 10.1.